The van der Waals surface area contributed by atoms with Crippen molar-refractivity contribution in [1.29, 1.82) is 0 Å². The third-order valence-corrected chi connectivity index (χ3v) is 3.73. The molecule has 0 saturated carbocycles. The van der Waals surface area contributed by atoms with Crippen LogP contribution >= 0.6 is 0 Å². The highest BCUT2D eigenvalue weighted by molar-refractivity contribution is 5.97. The smallest absolute Gasteiger partial charge is 0.229 e. The number of benzene rings is 1. The number of methoxy groups -OCH3 is 1. The fraction of sp³-hybridized carbons (Fsp3) is 0.500. The van der Waals surface area contributed by atoms with Crippen molar-refractivity contribution in [2.75, 3.05) is 19.0 Å². The third kappa shape index (κ3) is 3.61. The summed E-state index contributed by atoms with van der Waals surface area (Å²) in [7, 11) is 1.62. The number of para-hydroxylation sites is 1. The molecule has 2 rings (SSSR count). The van der Waals surface area contributed by atoms with Crippen molar-refractivity contribution in [1.82, 2.24) is 4.90 Å². The van der Waals surface area contributed by atoms with E-state index in [0.717, 1.165) is 11.3 Å². The standard InChI is InChI=1S/C16H22N2O3/c1-11(2)18-9-13(8-15(18)19)16(20)17-14-7-5-4-6-12(14)10-21-3/h4-7,11,13H,8-10H2,1-3H3,(H,17,20)/t13-/m0/s1. The molecule has 0 aromatic heterocycles. The van der Waals surface area contributed by atoms with Gasteiger partial charge in [-0.25, -0.2) is 0 Å². The summed E-state index contributed by atoms with van der Waals surface area (Å²) >= 11 is 0. The van der Waals surface area contributed by atoms with Crippen molar-refractivity contribution in [2.24, 2.45) is 5.92 Å². The molecule has 21 heavy (non-hydrogen) atoms. The number of anilines is 1. The zero-order valence-corrected chi connectivity index (χ0v) is 12.8. The van der Waals surface area contributed by atoms with Crippen molar-refractivity contribution < 1.29 is 14.3 Å². The van der Waals surface area contributed by atoms with Gasteiger partial charge in [0.2, 0.25) is 11.8 Å². The molecule has 1 atom stereocenters. The lowest BCUT2D eigenvalue weighted by molar-refractivity contribution is -0.129. The van der Waals surface area contributed by atoms with E-state index in [-0.39, 0.29) is 30.2 Å². The van der Waals surface area contributed by atoms with Gasteiger partial charge >= 0.3 is 0 Å². The number of nitrogens with zero attached hydrogens (tertiary/aromatic N) is 1. The van der Waals surface area contributed by atoms with Crippen molar-refractivity contribution in [2.45, 2.75) is 32.9 Å². The van der Waals surface area contributed by atoms with Crippen LogP contribution < -0.4 is 5.32 Å². The molecule has 0 spiro atoms. The zero-order chi connectivity index (χ0) is 15.4. The van der Waals surface area contributed by atoms with Crippen LogP contribution in [0.15, 0.2) is 24.3 Å². The summed E-state index contributed by atoms with van der Waals surface area (Å²) in [6.07, 6.45) is 0.288. The fourth-order valence-electron chi connectivity index (χ4n) is 2.56. The monoisotopic (exact) mass is 290 g/mol. The normalized spacial score (nSPS) is 18.4. The van der Waals surface area contributed by atoms with Gasteiger partial charge in [0, 0.05) is 37.4 Å². The minimum Gasteiger partial charge on any atom is -0.380 e. The molecule has 1 aromatic carbocycles. The van der Waals surface area contributed by atoms with E-state index in [2.05, 4.69) is 5.32 Å². The second-order valence-electron chi connectivity index (χ2n) is 5.62. The summed E-state index contributed by atoms with van der Waals surface area (Å²) in [5.41, 5.74) is 1.68. The van der Waals surface area contributed by atoms with E-state index in [1.54, 1.807) is 12.0 Å². The van der Waals surface area contributed by atoms with Crippen molar-refractivity contribution in [3.63, 3.8) is 0 Å². The summed E-state index contributed by atoms with van der Waals surface area (Å²) in [5, 5.41) is 2.92. The van der Waals surface area contributed by atoms with Gasteiger partial charge in [0.15, 0.2) is 0 Å². The number of likely N-dealkylation sites (tertiary alicyclic amines) is 1. The lowest BCUT2D eigenvalue weighted by Gasteiger charge is -2.20. The number of hydrogen-bond donors (Lipinski definition) is 1. The number of amides is 2. The molecule has 0 unspecified atom stereocenters. The maximum Gasteiger partial charge on any atom is 0.229 e. The maximum absolute atomic E-state index is 12.4. The van der Waals surface area contributed by atoms with Gasteiger partial charge < -0.3 is 15.0 Å². The minimum atomic E-state index is -0.282. The summed E-state index contributed by atoms with van der Waals surface area (Å²) < 4.78 is 5.13. The Hall–Kier alpha value is -1.88. The first-order valence-electron chi connectivity index (χ1n) is 7.20. The highest BCUT2D eigenvalue weighted by Crippen LogP contribution is 2.23. The number of hydrogen-bond acceptors (Lipinski definition) is 3. The second-order valence-corrected chi connectivity index (χ2v) is 5.62. The number of carbonyl (C=O) groups is 2. The van der Waals surface area contributed by atoms with Gasteiger partial charge in [0.1, 0.15) is 0 Å². The topological polar surface area (TPSA) is 58.6 Å². The minimum absolute atomic E-state index is 0.0512. The maximum atomic E-state index is 12.4. The molecule has 1 saturated heterocycles. The van der Waals surface area contributed by atoms with Crippen molar-refractivity contribution in [3.8, 4) is 0 Å². The molecule has 1 heterocycles. The van der Waals surface area contributed by atoms with Crippen LogP contribution in [0.4, 0.5) is 5.69 Å². The number of nitrogens with one attached hydrogen (secondary N) is 1. The predicted molar refractivity (Wildman–Crippen MR) is 80.7 cm³/mol. The van der Waals surface area contributed by atoms with Gasteiger partial charge in [-0.1, -0.05) is 18.2 Å². The highest BCUT2D eigenvalue weighted by atomic mass is 16.5. The van der Waals surface area contributed by atoms with Gasteiger partial charge in [-0.2, -0.15) is 0 Å². The first kappa shape index (κ1) is 15.5. The average Bonchev–Trinajstić information content (AvgIpc) is 2.83. The Bertz CT molecular complexity index is 528. The quantitative estimate of drug-likeness (QED) is 0.902. The number of carbonyl (C=O) groups excluding carboxylic acids is 2. The van der Waals surface area contributed by atoms with Crippen LogP contribution in [0.1, 0.15) is 25.8 Å². The summed E-state index contributed by atoms with van der Waals surface area (Å²) in [4.78, 5) is 26.0. The molecule has 1 fully saturated rings. The van der Waals surface area contributed by atoms with Crippen LogP contribution in [0.2, 0.25) is 0 Å². The van der Waals surface area contributed by atoms with Crippen molar-refractivity contribution in [3.05, 3.63) is 29.8 Å². The molecule has 1 aliphatic rings. The molecule has 2 amide bonds. The molecule has 5 heteroatoms. The molecule has 0 aliphatic carbocycles. The Kier molecular flexibility index (Phi) is 4.96. The van der Waals surface area contributed by atoms with Gasteiger partial charge in [0.25, 0.3) is 0 Å². The van der Waals surface area contributed by atoms with Gasteiger partial charge in [-0.3, -0.25) is 9.59 Å². The second kappa shape index (κ2) is 6.72. The van der Waals surface area contributed by atoms with E-state index in [1.165, 1.54) is 0 Å². The van der Waals surface area contributed by atoms with Crippen LogP contribution in [0.5, 0.6) is 0 Å². The zero-order valence-electron chi connectivity index (χ0n) is 12.8. The number of ether oxygens (including phenoxy) is 1. The molecule has 1 N–H and O–H groups in total. The summed E-state index contributed by atoms with van der Waals surface area (Å²) in [5.74, 6) is -0.333. The van der Waals surface area contributed by atoms with Gasteiger partial charge in [0.05, 0.1) is 12.5 Å². The van der Waals surface area contributed by atoms with E-state index in [1.807, 2.05) is 38.1 Å². The lowest BCUT2D eigenvalue weighted by Crippen LogP contribution is -2.33. The van der Waals surface area contributed by atoms with Crippen molar-refractivity contribution >= 4 is 17.5 Å². The van der Waals surface area contributed by atoms with E-state index in [4.69, 9.17) is 4.74 Å². The molecule has 1 aliphatic heterocycles. The van der Waals surface area contributed by atoms with E-state index >= 15 is 0 Å². The van der Waals surface area contributed by atoms with E-state index in [0.29, 0.717) is 13.2 Å². The van der Waals surface area contributed by atoms with Gasteiger partial charge in [-0.15, -0.1) is 0 Å². The van der Waals surface area contributed by atoms with E-state index < -0.39 is 0 Å². The number of rotatable bonds is 5. The van der Waals surface area contributed by atoms with Gasteiger partial charge in [-0.05, 0) is 19.9 Å². The Morgan fingerprint density at radius 2 is 2.14 bits per heavy atom. The molecule has 0 radical (unpaired) electrons. The SMILES string of the molecule is COCc1ccccc1NC(=O)[C@H]1CC(=O)N(C(C)C)C1. The first-order chi connectivity index (χ1) is 10.0. The first-order valence-corrected chi connectivity index (χ1v) is 7.20. The van der Waals surface area contributed by atoms with Crippen LogP contribution in [0.3, 0.4) is 0 Å². The third-order valence-electron chi connectivity index (χ3n) is 3.73. The lowest BCUT2D eigenvalue weighted by atomic mass is 10.1. The van der Waals surface area contributed by atoms with Crippen LogP contribution in [-0.2, 0) is 20.9 Å². The Morgan fingerprint density at radius 3 is 2.76 bits per heavy atom. The van der Waals surface area contributed by atoms with Crippen LogP contribution in [0.25, 0.3) is 0 Å². The Labute approximate surface area is 125 Å². The average molecular weight is 290 g/mol. The van der Waals surface area contributed by atoms with Crippen LogP contribution in [-0.4, -0.2) is 36.4 Å². The fourth-order valence-corrected chi connectivity index (χ4v) is 2.56. The predicted octanol–water partition coefficient (Wildman–Crippen LogP) is 2.03. The summed E-state index contributed by atoms with van der Waals surface area (Å²) in [6.45, 7) is 4.87. The largest absolute Gasteiger partial charge is 0.380 e. The molecule has 1 aromatic rings. The Balaban J connectivity index is 2.04. The molecule has 0 bridgehead atoms. The summed E-state index contributed by atoms with van der Waals surface area (Å²) in [6, 6.07) is 7.68. The molecule has 114 valence electrons. The molecule has 5 nitrogen and oxygen atoms in total. The Morgan fingerprint density at radius 1 is 1.43 bits per heavy atom. The van der Waals surface area contributed by atoms with Crippen LogP contribution in [0, 0.1) is 5.92 Å². The molecular weight excluding hydrogens is 268 g/mol. The highest BCUT2D eigenvalue weighted by Gasteiger charge is 2.35. The van der Waals surface area contributed by atoms with E-state index in [9.17, 15) is 9.59 Å². The molecular formula is C16H22N2O3.